The van der Waals surface area contributed by atoms with Crippen molar-refractivity contribution in [3.8, 4) is 45.7 Å². The summed E-state index contributed by atoms with van der Waals surface area (Å²) in [6.45, 7) is 0. The Labute approximate surface area is 155 Å². The topological polar surface area (TPSA) is 70.5 Å². The molecule has 0 fully saturated rings. The highest BCUT2D eigenvalue weighted by Crippen LogP contribution is 2.29. The first-order valence-electron chi connectivity index (χ1n) is 8.69. The van der Waals surface area contributed by atoms with E-state index in [2.05, 4.69) is 19.9 Å². The number of imidazole rings is 2. The maximum Gasteiger partial charge on any atom is 0.174 e. The summed E-state index contributed by atoms with van der Waals surface area (Å²) in [6, 6.07) is 23.9. The monoisotopic (exact) mass is 352 g/mol. The van der Waals surface area contributed by atoms with Crippen LogP contribution in [0, 0.1) is 0 Å². The molecule has 3 aromatic heterocycles. The van der Waals surface area contributed by atoms with Crippen molar-refractivity contribution in [1.82, 2.24) is 19.9 Å². The molecule has 0 unspecified atom stereocenters. The van der Waals surface area contributed by atoms with Gasteiger partial charge in [-0.05, 0) is 12.1 Å². The van der Waals surface area contributed by atoms with Gasteiger partial charge in [-0.15, -0.1) is 0 Å². The summed E-state index contributed by atoms with van der Waals surface area (Å²) >= 11 is 0. The third kappa shape index (κ3) is 2.95. The molecule has 3 heterocycles. The van der Waals surface area contributed by atoms with Crippen LogP contribution in [0.15, 0.2) is 89.6 Å². The molecule has 0 atom stereocenters. The van der Waals surface area contributed by atoms with Crippen LogP contribution >= 0.6 is 0 Å². The SMILES string of the molecule is c1ccc(-c2c[nH]c(-c3ccc(-c4cnc(-c5ccccc5)[nH]4)o3)n2)cc1. The summed E-state index contributed by atoms with van der Waals surface area (Å²) < 4.78 is 5.99. The second-order valence-corrected chi connectivity index (χ2v) is 6.18. The second kappa shape index (κ2) is 6.46. The van der Waals surface area contributed by atoms with E-state index >= 15 is 0 Å². The Morgan fingerprint density at radius 1 is 0.704 bits per heavy atom. The van der Waals surface area contributed by atoms with Crippen LogP contribution in [0.2, 0.25) is 0 Å². The van der Waals surface area contributed by atoms with Gasteiger partial charge in [-0.2, -0.15) is 0 Å². The molecule has 0 aliphatic heterocycles. The van der Waals surface area contributed by atoms with Gasteiger partial charge in [-0.3, -0.25) is 0 Å². The van der Waals surface area contributed by atoms with E-state index in [0.717, 1.165) is 34.1 Å². The summed E-state index contributed by atoms with van der Waals surface area (Å²) in [7, 11) is 0. The predicted octanol–water partition coefficient (Wildman–Crippen LogP) is 5.39. The molecule has 5 heteroatoms. The van der Waals surface area contributed by atoms with Gasteiger partial charge in [0.15, 0.2) is 17.3 Å². The molecule has 2 aromatic carbocycles. The van der Waals surface area contributed by atoms with E-state index in [4.69, 9.17) is 4.42 Å². The van der Waals surface area contributed by atoms with Crippen LogP contribution in [0.25, 0.3) is 45.7 Å². The number of benzene rings is 2. The van der Waals surface area contributed by atoms with E-state index in [1.54, 1.807) is 6.20 Å². The Hall–Kier alpha value is -3.86. The van der Waals surface area contributed by atoms with Gasteiger partial charge < -0.3 is 14.4 Å². The number of hydrogen-bond acceptors (Lipinski definition) is 3. The zero-order valence-corrected chi connectivity index (χ0v) is 14.4. The molecule has 0 radical (unpaired) electrons. The van der Waals surface area contributed by atoms with Gasteiger partial charge in [0.2, 0.25) is 0 Å². The number of aromatic nitrogens is 4. The lowest BCUT2D eigenvalue weighted by molar-refractivity contribution is 0.591. The molecule has 0 aliphatic carbocycles. The molecule has 5 rings (SSSR count). The number of furan rings is 1. The molecule has 5 nitrogen and oxygen atoms in total. The highest BCUT2D eigenvalue weighted by atomic mass is 16.3. The maximum atomic E-state index is 5.99. The van der Waals surface area contributed by atoms with Crippen LogP contribution in [0.4, 0.5) is 0 Å². The van der Waals surface area contributed by atoms with E-state index < -0.39 is 0 Å². The highest BCUT2D eigenvalue weighted by molar-refractivity contribution is 5.65. The van der Waals surface area contributed by atoms with Gasteiger partial charge in [0.25, 0.3) is 0 Å². The zero-order valence-electron chi connectivity index (χ0n) is 14.4. The summed E-state index contributed by atoms with van der Waals surface area (Å²) in [6.07, 6.45) is 3.67. The number of rotatable bonds is 4. The molecule has 0 amide bonds. The minimum Gasteiger partial charge on any atom is -0.451 e. The molecule has 2 N–H and O–H groups in total. The third-order valence-electron chi connectivity index (χ3n) is 4.38. The standard InChI is InChI=1S/C22H16N4O/c1-3-7-15(8-4-1)17-13-24-22(25-17)20-12-11-19(27-20)18-14-23-21(26-18)16-9-5-2-6-10-16/h1-14H,(H,23,26)(H,24,25). The van der Waals surface area contributed by atoms with E-state index in [1.165, 1.54) is 0 Å². The van der Waals surface area contributed by atoms with Crippen molar-refractivity contribution in [3.63, 3.8) is 0 Å². The van der Waals surface area contributed by atoms with Crippen molar-refractivity contribution in [2.75, 3.05) is 0 Å². The molecule has 0 bridgehead atoms. The summed E-state index contributed by atoms with van der Waals surface area (Å²) in [5.74, 6) is 2.91. The smallest absolute Gasteiger partial charge is 0.174 e. The molecule has 5 aromatic rings. The largest absolute Gasteiger partial charge is 0.451 e. The number of nitrogens with zero attached hydrogens (tertiary/aromatic N) is 2. The van der Waals surface area contributed by atoms with Gasteiger partial charge in [-0.25, -0.2) is 9.97 Å². The summed E-state index contributed by atoms with van der Waals surface area (Å²) in [4.78, 5) is 15.6. The molecule has 0 saturated heterocycles. The molecule has 27 heavy (non-hydrogen) atoms. The lowest BCUT2D eigenvalue weighted by atomic mass is 10.2. The van der Waals surface area contributed by atoms with Crippen LogP contribution in [0.3, 0.4) is 0 Å². The molecule has 0 saturated carbocycles. The number of nitrogens with one attached hydrogen (secondary N) is 2. The minimum atomic E-state index is 0.683. The Morgan fingerprint density at radius 2 is 1.41 bits per heavy atom. The van der Waals surface area contributed by atoms with Crippen molar-refractivity contribution in [3.05, 3.63) is 85.2 Å². The van der Waals surface area contributed by atoms with Gasteiger partial charge in [-0.1, -0.05) is 60.7 Å². The van der Waals surface area contributed by atoms with Crippen molar-refractivity contribution in [2.45, 2.75) is 0 Å². The molecular formula is C22H16N4O. The molecule has 0 aliphatic rings. The van der Waals surface area contributed by atoms with Crippen LogP contribution in [0.5, 0.6) is 0 Å². The number of hydrogen-bond donors (Lipinski definition) is 2. The van der Waals surface area contributed by atoms with Gasteiger partial charge in [0.05, 0.1) is 11.9 Å². The summed E-state index contributed by atoms with van der Waals surface area (Å²) in [5, 5.41) is 0. The van der Waals surface area contributed by atoms with Gasteiger partial charge in [0, 0.05) is 17.3 Å². The Kier molecular flexibility index (Phi) is 3.68. The van der Waals surface area contributed by atoms with Crippen LogP contribution < -0.4 is 0 Å². The molecule has 0 spiro atoms. The van der Waals surface area contributed by atoms with E-state index in [0.29, 0.717) is 11.6 Å². The Bertz CT molecular complexity index is 1080. The first-order valence-corrected chi connectivity index (χ1v) is 8.69. The Balaban J connectivity index is 1.42. The fourth-order valence-electron chi connectivity index (χ4n) is 3.00. The zero-order chi connectivity index (χ0) is 18.1. The van der Waals surface area contributed by atoms with Crippen molar-refractivity contribution in [1.29, 1.82) is 0 Å². The van der Waals surface area contributed by atoms with Crippen molar-refractivity contribution in [2.24, 2.45) is 0 Å². The number of H-pyrrole nitrogens is 2. The minimum absolute atomic E-state index is 0.683. The fourth-order valence-corrected chi connectivity index (χ4v) is 3.00. The van der Waals surface area contributed by atoms with Crippen molar-refractivity contribution >= 4 is 0 Å². The first kappa shape index (κ1) is 15.4. The van der Waals surface area contributed by atoms with E-state index in [1.807, 2.05) is 79.0 Å². The van der Waals surface area contributed by atoms with Gasteiger partial charge >= 0.3 is 0 Å². The lowest BCUT2D eigenvalue weighted by Gasteiger charge is -1.95. The normalized spacial score (nSPS) is 11.0. The van der Waals surface area contributed by atoms with Crippen LogP contribution in [0.1, 0.15) is 0 Å². The average Bonchev–Trinajstić information content (AvgIpc) is 3.49. The second-order valence-electron chi connectivity index (χ2n) is 6.18. The van der Waals surface area contributed by atoms with Crippen LogP contribution in [-0.4, -0.2) is 19.9 Å². The van der Waals surface area contributed by atoms with Gasteiger partial charge in [0.1, 0.15) is 11.5 Å². The number of aromatic amines is 2. The predicted molar refractivity (Wildman–Crippen MR) is 105 cm³/mol. The first-order chi connectivity index (χ1) is 13.4. The maximum absolute atomic E-state index is 5.99. The Morgan fingerprint density at radius 3 is 2.19 bits per heavy atom. The lowest BCUT2D eigenvalue weighted by Crippen LogP contribution is -1.79. The van der Waals surface area contributed by atoms with E-state index in [9.17, 15) is 0 Å². The third-order valence-corrected chi connectivity index (χ3v) is 4.38. The molecule has 130 valence electrons. The quantitative estimate of drug-likeness (QED) is 0.455. The van der Waals surface area contributed by atoms with Crippen molar-refractivity contribution < 1.29 is 4.42 Å². The highest BCUT2D eigenvalue weighted by Gasteiger charge is 2.13. The summed E-state index contributed by atoms with van der Waals surface area (Å²) in [5.41, 5.74) is 3.81. The van der Waals surface area contributed by atoms with Crippen LogP contribution in [-0.2, 0) is 0 Å². The fraction of sp³-hybridized carbons (Fsp3) is 0. The van der Waals surface area contributed by atoms with E-state index in [-0.39, 0.29) is 0 Å². The molecular weight excluding hydrogens is 336 g/mol. The average molecular weight is 352 g/mol.